The van der Waals surface area contributed by atoms with E-state index >= 15 is 0 Å². The molecule has 0 amide bonds. The predicted molar refractivity (Wildman–Crippen MR) is 81.0 cm³/mol. The van der Waals surface area contributed by atoms with E-state index in [0.717, 1.165) is 33.4 Å². The fourth-order valence-electron chi connectivity index (χ4n) is 3.48. The third-order valence-electron chi connectivity index (χ3n) is 4.24. The first-order valence-electron chi connectivity index (χ1n) is 6.77. The molecule has 0 atom stereocenters. The Balaban J connectivity index is 2.28. The van der Waals surface area contributed by atoms with Gasteiger partial charge in [0.25, 0.3) is 0 Å². The number of rotatable bonds is 0. The van der Waals surface area contributed by atoms with E-state index in [1.54, 1.807) is 0 Å². The summed E-state index contributed by atoms with van der Waals surface area (Å²) in [5, 5.41) is 3.24. The molecule has 0 spiro atoms. The van der Waals surface area contributed by atoms with E-state index in [2.05, 4.69) is 0 Å². The lowest BCUT2D eigenvalue weighted by Gasteiger charge is -1.98. The molecule has 2 aromatic carbocycles. The van der Waals surface area contributed by atoms with Gasteiger partial charge in [-0.3, -0.25) is 0 Å². The largest absolute Gasteiger partial charge is 0.308 e. The van der Waals surface area contributed by atoms with Crippen molar-refractivity contribution in [1.29, 1.82) is 0 Å². The molecule has 0 saturated heterocycles. The van der Waals surface area contributed by atoms with Crippen molar-refractivity contribution in [2.24, 2.45) is 0 Å². The second-order valence-corrected chi connectivity index (χ2v) is 5.34. The molecule has 1 nitrogen and oxygen atoms in total. The summed E-state index contributed by atoms with van der Waals surface area (Å²) in [6.45, 7) is 0. The van der Waals surface area contributed by atoms with Crippen molar-refractivity contribution < 1.29 is 8.78 Å². The third-order valence-corrected chi connectivity index (χ3v) is 4.24. The van der Waals surface area contributed by atoms with Crippen LogP contribution in [0.5, 0.6) is 0 Å². The van der Waals surface area contributed by atoms with Crippen LogP contribution in [0.15, 0.2) is 54.6 Å². The van der Waals surface area contributed by atoms with Crippen molar-refractivity contribution in [3.8, 4) is 0 Å². The third kappa shape index (κ3) is 1.20. The van der Waals surface area contributed by atoms with Crippen LogP contribution in [0, 0.1) is 11.6 Å². The molecule has 3 aromatic heterocycles. The van der Waals surface area contributed by atoms with Crippen LogP contribution >= 0.6 is 0 Å². The van der Waals surface area contributed by atoms with Gasteiger partial charge >= 0.3 is 0 Å². The number of pyridine rings is 1. The smallest absolute Gasteiger partial charge is 0.136 e. The molecule has 0 bridgehead atoms. The van der Waals surface area contributed by atoms with E-state index in [9.17, 15) is 8.78 Å². The van der Waals surface area contributed by atoms with Crippen LogP contribution in [-0.2, 0) is 0 Å². The molecule has 0 aliphatic heterocycles. The molecule has 0 saturated carbocycles. The number of benzene rings is 2. The lowest BCUT2D eigenvalue weighted by Crippen LogP contribution is -1.82. The SMILES string of the molecule is Fc1cc(F)c2c(c1)c1c3ccccc3c3cccc2n31. The molecular weight excluding hydrogens is 268 g/mol. The van der Waals surface area contributed by atoms with Gasteiger partial charge in [0.05, 0.1) is 16.6 Å². The average Bonchev–Trinajstić information content (AvgIpc) is 2.98. The van der Waals surface area contributed by atoms with Gasteiger partial charge in [0, 0.05) is 27.6 Å². The number of nitrogens with zero attached hydrogens (tertiary/aromatic N) is 1. The summed E-state index contributed by atoms with van der Waals surface area (Å²) >= 11 is 0. The highest BCUT2D eigenvalue weighted by Gasteiger charge is 2.19. The van der Waals surface area contributed by atoms with Gasteiger partial charge in [0.1, 0.15) is 11.6 Å². The van der Waals surface area contributed by atoms with Crippen LogP contribution < -0.4 is 0 Å². The van der Waals surface area contributed by atoms with Gasteiger partial charge in [-0.15, -0.1) is 0 Å². The maximum Gasteiger partial charge on any atom is 0.136 e. The standard InChI is InChI=1S/C18H9F2N/c19-10-8-13-17(14(20)9-10)16-7-3-6-15-11-4-1-2-5-12(11)18(13)21(15)16/h1-9H. The number of aromatic nitrogens is 1. The summed E-state index contributed by atoms with van der Waals surface area (Å²) in [7, 11) is 0. The molecule has 3 heterocycles. The Bertz CT molecular complexity index is 1150. The summed E-state index contributed by atoms with van der Waals surface area (Å²) in [6, 6.07) is 16.1. The van der Waals surface area contributed by atoms with Gasteiger partial charge in [-0.25, -0.2) is 8.78 Å². The highest BCUT2D eigenvalue weighted by atomic mass is 19.1. The van der Waals surface area contributed by atoms with E-state index in [-0.39, 0.29) is 0 Å². The molecule has 21 heavy (non-hydrogen) atoms. The number of fused-ring (bicyclic) bond motifs is 6. The minimum absolute atomic E-state index is 0.489. The number of halogens is 2. The molecule has 0 fully saturated rings. The van der Waals surface area contributed by atoms with Crippen molar-refractivity contribution in [1.82, 2.24) is 4.40 Å². The maximum absolute atomic E-state index is 14.3. The van der Waals surface area contributed by atoms with Crippen molar-refractivity contribution in [3.63, 3.8) is 0 Å². The van der Waals surface area contributed by atoms with Gasteiger partial charge in [-0.2, -0.15) is 0 Å². The van der Waals surface area contributed by atoms with E-state index in [4.69, 9.17) is 0 Å². The summed E-state index contributed by atoms with van der Waals surface area (Å²) in [5.74, 6) is -1.05. The van der Waals surface area contributed by atoms with E-state index in [1.165, 1.54) is 6.07 Å². The molecule has 0 unspecified atom stereocenters. The molecule has 5 aromatic rings. The Labute approximate surface area is 118 Å². The van der Waals surface area contributed by atoms with Crippen molar-refractivity contribution in [3.05, 3.63) is 66.2 Å². The molecule has 0 aliphatic rings. The second-order valence-electron chi connectivity index (χ2n) is 5.34. The van der Waals surface area contributed by atoms with Crippen molar-refractivity contribution >= 4 is 38.1 Å². The predicted octanol–water partition coefficient (Wildman–Crippen LogP) is 5.11. The topological polar surface area (TPSA) is 4.41 Å². The highest BCUT2D eigenvalue weighted by Crippen LogP contribution is 2.39. The van der Waals surface area contributed by atoms with Crippen LogP contribution in [0.1, 0.15) is 0 Å². The fraction of sp³-hybridized carbons (Fsp3) is 0. The average molecular weight is 277 g/mol. The first-order valence-corrected chi connectivity index (χ1v) is 6.77. The van der Waals surface area contributed by atoms with Gasteiger partial charge in [-0.05, 0) is 18.2 Å². The minimum atomic E-state index is -0.543. The molecule has 0 radical (unpaired) electrons. The number of hydrogen-bond donors (Lipinski definition) is 0. The Morgan fingerprint density at radius 3 is 2.33 bits per heavy atom. The lowest BCUT2D eigenvalue weighted by molar-refractivity contribution is 0.593. The molecular formula is C18H9F2N. The van der Waals surface area contributed by atoms with Crippen molar-refractivity contribution in [2.75, 3.05) is 0 Å². The van der Waals surface area contributed by atoms with E-state index in [1.807, 2.05) is 46.9 Å². The van der Waals surface area contributed by atoms with Crippen LogP contribution in [-0.4, -0.2) is 4.40 Å². The summed E-state index contributed by atoms with van der Waals surface area (Å²) in [4.78, 5) is 0. The zero-order chi connectivity index (χ0) is 14.1. The lowest BCUT2D eigenvalue weighted by atomic mass is 10.1. The first kappa shape index (κ1) is 11.0. The maximum atomic E-state index is 14.3. The van der Waals surface area contributed by atoms with Crippen LogP contribution in [0.25, 0.3) is 38.1 Å². The molecule has 3 heteroatoms. The zero-order valence-electron chi connectivity index (χ0n) is 10.9. The molecule has 0 N–H and O–H groups in total. The van der Waals surface area contributed by atoms with E-state index in [0.29, 0.717) is 10.8 Å². The van der Waals surface area contributed by atoms with E-state index < -0.39 is 11.6 Å². The van der Waals surface area contributed by atoms with Crippen molar-refractivity contribution in [2.45, 2.75) is 0 Å². The fourth-order valence-corrected chi connectivity index (χ4v) is 3.48. The van der Waals surface area contributed by atoms with Gasteiger partial charge in [0.2, 0.25) is 0 Å². The molecule has 5 rings (SSSR count). The zero-order valence-corrected chi connectivity index (χ0v) is 10.9. The Kier molecular flexibility index (Phi) is 1.84. The summed E-state index contributed by atoms with van der Waals surface area (Å²) < 4.78 is 30.0. The first-order chi connectivity index (χ1) is 10.3. The van der Waals surface area contributed by atoms with Gasteiger partial charge in [0.15, 0.2) is 0 Å². The minimum Gasteiger partial charge on any atom is -0.308 e. The van der Waals surface area contributed by atoms with Crippen LogP contribution in [0.2, 0.25) is 0 Å². The normalized spacial score (nSPS) is 12.3. The summed E-state index contributed by atoms with van der Waals surface area (Å²) in [5.41, 5.74) is 2.69. The quantitative estimate of drug-likeness (QED) is 0.370. The molecule has 100 valence electrons. The second kappa shape index (κ2) is 3.50. The van der Waals surface area contributed by atoms with Crippen LogP contribution in [0.4, 0.5) is 8.78 Å². The van der Waals surface area contributed by atoms with Crippen LogP contribution in [0.3, 0.4) is 0 Å². The Morgan fingerprint density at radius 2 is 1.48 bits per heavy atom. The summed E-state index contributed by atoms with van der Waals surface area (Å²) in [6.07, 6.45) is 0. The monoisotopic (exact) mass is 277 g/mol. The van der Waals surface area contributed by atoms with Gasteiger partial charge < -0.3 is 4.40 Å². The molecule has 0 aliphatic carbocycles. The van der Waals surface area contributed by atoms with Gasteiger partial charge in [-0.1, -0.05) is 30.3 Å². The number of hydrogen-bond acceptors (Lipinski definition) is 0. The Hall–Kier alpha value is -2.68. The highest BCUT2D eigenvalue weighted by molar-refractivity contribution is 6.23. The Morgan fingerprint density at radius 1 is 0.714 bits per heavy atom.